The van der Waals surface area contributed by atoms with Crippen LogP contribution in [0.5, 0.6) is 0 Å². The number of aromatic nitrogens is 1. The molecule has 1 aromatic heterocycles. The molecule has 0 aliphatic carbocycles. The standard InChI is InChI=1S/C19H25N3O3/c1-4-21-7-9-22(10-8-21)12-16-13(2)20-17-6-5-14(19(24)25-3)11-15(17)18(16)23/h5-6,11H,4,7-10,12H2,1-3H3,(H,20,23)/p+2. The molecule has 0 atom stereocenters. The molecule has 0 saturated carbocycles. The molecule has 3 N–H and O–H groups in total. The highest BCUT2D eigenvalue weighted by atomic mass is 16.5. The summed E-state index contributed by atoms with van der Waals surface area (Å²) in [6, 6.07) is 5.09. The zero-order valence-corrected chi connectivity index (χ0v) is 15.2. The first-order valence-electron chi connectivity index (χ1n) is 8.94. The van der Waals surface area contributed by atoms with E-state index in [1.54, 1.807) is 23.1 Å². The second-order valence-corrected chi connectivity index (χ2v) is 6.84. The second kappa shape index (κ2) is 7.37. The van der Waals surface area contributed by atoms with Gasteiger partial charge in [0.1, 0.15) is 32.7 Å². The lowest BCUT2D eigenvalue weighted by atomic mass is 10.1. The highest BCUT2D eigenvalue weighted by Crippen LogP contribution is 2.14. The number of pyridine rings is 1. The Morgan fingerprint density at radius 3 is 2.52 bits per heavy atom. The molecule has 6 nitrogen and oxygen atoms in total. The maximum absolute atomic E-state index is 13.0. The van der Waals surface area contributed by atoms with Crippen molar-refractivity contribution in [3.63, 3.8) is 0 Å². The third-order valence-electron chi connectivity index (χ3n) is 5.33. The van der Waals surface area contributed by atoms with Crippen molar-refractivity contribution in [1.82, 2.24) is 4.98 Å². The van der Waals surface area contributed by atoms with Crippen LogP contribution < -0.4 is 15.2 Å². The lowest BCUT2D eigenvalue weighted by molar-refractivity contribution is -1.02. The first-order valence-corrected chi connectivity index (χ1v) is 8.94. The molecule has 3 rings (SSSR count). The van der Waals surface area contributed by atoms with E-state index in [1.807, 2.05) is 6.92 Å². The summed E-state index contributed by atoms with van der Waals surface area (Å²) >= 11 is 0. The minimum atomic E-state index is -0.423. The normalized spacial score (nSPS) is 20.6. The second-order valence-electron chi connectivity index (χ2n) is 6.84. The molecule has 0 unspecified atom stereocenters. The van der Waals surface area contributed by atoms with E-state index in [0.717, 1.165) is 49.5 Å². The van der Waals surface area contributed by atoms with Gasteiger partial charge in [0, 0.05) is 16.6 Å². The van der Waals surface area contributed by atoms with Crippen LogP contribution in [0, 0.1) is 6.92 Å². The molecule has 0 radical (unpaired) electrons. The van der Waals surface area contributed by atoms with Crippen molar-refractivity contribution in [2.45, 2.75) is 20.4 Å². The summed E-state index contributed by atoms with van der Waals surface area (Å²) in [4.78, 5) is 31.2. The fourth-order valence-electron chi connectivity index (χ4n) is 3.65. The van der Waals surface area contributed by atoms with Gasteiger partial charge in [0.15, 0.2) is 5.43 Å². The Balaban J connectivity index is 1.92. The maximum Gasteiger partial charge on any atom is 0.337 e. The first-order chi connectivity index (χ1) is 12.0. The van der Waals surface area contributed by atoms with Gasteiger partial charge in [0.25, 0.3) is 0 Å². The summed E-state index contributed by atoms with van der Waals surface area (Å²) < 4.78 is 4.76. The van der Waals surface area contributed by atoms with Gasteiger partial charge in [-0.2, -0.15) is 0 Å². The number of ether oxygens (including phenoxy) is 1. The van der Waals surface area contributed by atoms with Gasteiger partial charge in [-0.3, -0.25) is 4.79 Å². The van der Waals surface area contributed by atoms with Crippen LogP contribution in [0.2, 0.25) is 0 Å². The summed E-state index contributed by atoms with van der Waals surface area (Å²) in [6.07, 6.45) is 0. The number of esters is 1. The predicted molar refractivity (Wildman–Crippen MR) is 96.3 cm³/mol. The largest absolute Gasteiger partial charge is 0.465 e. The number of benzene rings is 1. The van der Waals surface area contributed by atoms with Crippen LogP contribution in [-0.4, -0.2) is 50.8 Å². The third kappa shape index (κ3) is 3.60. The summed E-state index contributed by atoms with van der Waals surface area (Å²) in [5.41, 5.74) is 2.93. The number of hydrogen-bond donors (Lipinski definition) is 3. The Morgan fingerprint density at radius 1 is 1.20 bits per heavy atom. The van der Waals surface area contributed by atoms with Crippen LogP contribution in [0.4, 0.5) is 0 Å². The highest BCUT2D eigenvalue weighted by Gasteiger charge is 2.24. The number of carbonyl (C=O) groups excluding carboxylic acids is 1. The van der Waals surface area contributed by atoms with Gasteiger partial charge in [-0.15, -0.1) is 0 Å². The van der Waals surface area contributed by atoms with E-state index in [1.165, 1.54) is 18.6 Å². The lowest BCUT2D eigenvalue weighted by Crippen LogP contribution is -3.27. The molecule has 1 aliphatic heterocycles. The number of fused-ring (bicyclic) bond motifs is 1. The minimum Gasteiger partial charge on any atom is -0.465 e. The van der Waals surface area contributed by atoms with E-state index in [9.17, 15) is 9.59 Å². The number of methoxy groups -OCH3 is 1. The number of likely N-dealkylation sites (N-methyl/N-ethyl adjacent to an activating group) is 1. The molecule has 0 spiro atoms. The molecule has 2 aromatic rings. The van der Waals surface area contributed by atoms with Gasteiger partial charge < -0.3 is 19.5 Å². The molecular formula is C19H27N3O3+2. The van der Waals surface area contributed by atoms with Crippen LogP contribution in [0.25, 0.3) is 10.9 Å². The Morgan fingerprint density at radius 2 is 1.88 bits per heavy atom. The van der Waals surface area contributed by atoms with E-state index in [4.69, 9.17) is 4.74 Å². The monoisotopic (exact) mass is 345 g/mol. The van der Waals surface area contributed by atoms with Crippen molar-refractivity contribution in [2.75, 3.05) is 39.8 Å². The number of H-pyrrole nitrogens is 1. The van der Waals surface area contributed by atoms with Crippen LogP contribution in [0.1, 0.15) is 28.5 Å². The molecule has 1 aliphatic rings. The SMILES string of the molecule is CC[NH+]1CC[NH+](Cc2c(C)[nH]c3ccc(C(=O)OC)cc3c2=O)CC1. The molecule has 0 amide bonds. The van der Waals surface area contributed by atoms with E-state index in [-0.39, 0.29) is 5.43 Å². The molecule has 2 heterocycles. The zero-order chi connectivity index (χ0) is 18.0. The van der Waals surface area contributed by atoms with Crippen molar-refractivity contribution in [1.29, 1.82) is 0 Å². The third-order valence-corrected chi connectivity index (χ3v) is 5.33. The van der Waals surface area contributed by atoms with E-state index in [2.05, 4.69) is 11.9 Å². The summed E-state index contributed by atoms with van der Waals surface area (Å²) in [5.74, 6) is -0.423. The highest BCUT2D eigenvalue weighted by molar-refractivity contribution is 5.94. The lowest BCUT2D eigenvalue weighted by Gasteiger charge is -2.29. The smallest absolute Gasteiger partial charge is 0.337 e. The fraction of sp³-hybridized carbons (Fsp3) is 0.474. The summed E-state index contributed by atoms with van der Waals surface area (Å²) in [7, 11) is 1.35. The topological polar surface area (TPSA) is 68.0 Å². The van der Waals surface area contributed by atoms with Gasteiger partial charge in [0.2, 0.25) is 0 Å². The number of hydrogen-bond acceptors (Lipinski definition) is 3. The number of aryl methyl sites for hydroxylation is 1. The van der Waals surface area contributed by atoms with Crippen molar-refractivity contribution in [2.24, 2.45) is 0 Å². The average molecular weight is 345 g/mol. The van der Waals surface area contributed by atoms with Gasteiger partial charge in [-0.05, 0) is 32.0 Å². The van der Waals surface area contributed by atoms with E-state index < -0.39 is 5.97 Å². The van der Waals surface area contributed by atoms with Crippen LogP contribution in [0.3, 0.4) is 0 Å². The Hall–Kier alpha value is -2.18. The first kappa shape index (κ1) is 17.6. The Labute approximate surface area is 147 Å². The predicted octanol–water partition coefficient (Wildman–Crippen LogP) is -1.07. The van der Waals surface area contributed by atoms with Crippen molar-refractivity contribution in [3.8, 4) is 0 Å². The average Bonchev–Trinajstić information content (AvgIpc) is 2.64. The van der Waals surface area contributed by atoms with Crippen molar-refractivity contribution >= 4 is 16.9 Å². The molecule has 0 bridgehead atoms. The Kier molecular flexibility index (Phi) is 5.20. The van der Waals surface area contributed by atoms with Gasteiger partial charge in [-0.25, -0.2) is 4.79 Å². The number of quaternary nitrogens is 2. The molecule has 1 saturated heterocycles. The minimum absolute atomic E-state index is 0.0229. The summed E-state index contributed by atoms with van der Waals surface area (Å²) in [6.45, 7) is 10.6. The van der Waals surface area contributed by atoms with E-state index in [0.29, 0.717) is 10.9 Å². The Bertz CT molecular complexity index is 836. The number of nitrogens with one attached hydrogen (secondary N) is 3. The molecule has 25 heavy (non-hydrogen) atoms. The number of piperazine rings is 1. The molecule has 6 heteroatoms. The number of aromatic amines is 1. The number of carbonyl (C=O) groups is 1. The maximum atomic E-state index is 13.0. The van der Waals surface area contributed by atoms with Gasteiger partial charge in [0.05, 0.1) is 24.8 Å². The number of rotatable bonds is 4. The van der Waals surface area contributed by atoms with E-state index >= 15 is 0 Å². The van der Waals surface area contributed by atoms with Crippen molar-refractivity contribution in [3.05, 3.63) is 45.2 Å². The molecule has 1 fully saturated rings. The fourth-order valence-corrected chi connectivity index (χ4v) is 3.65. The van der Waals surface area contributed by atoms with Crippen LogP contribution >= 0.6 is 0 Å². The van der Waals surface area contributed by atoms with Crippen molar-refractivity contribution < 1.29 is 19.3 Å². The molecular weight excluding hydrogens is 318 g/mol. The zero-order valence-electron chi connectivity index (χ0n) is 15.2. The van der Waals surface area contributed by atoms with Gasteiger partial charge in [-0.1, -0.05) is 0 Å². The quantitative estimate of drug-likeness (QED) is 0.618. The molecule has 1 aromatic carbocycles. The van der Waals surface area contributed by atoms with Crippen LogP contribution in [-0.2, 0) is 11.3 Å². The summed E-state index contributed by atoms with van der Waals surface area (Å²) in [5, 5.41) is 0.556. The molecule has 134 valence electrons. The van der Waals surface area contributed by atoms with Crippen LogP contribution in [0.15, 0.2) is 23.0 Å². The van der Waals surface area contributed by atoms with Gasteiger partial charge >= 0.3 is 5.97 Å².